The van der Waals surface area contributed by atoms with Gasteiger partial charge < -0.3 is 14.3 Å². The van der Waals surface area contributed by atoms with Crippen LogP contribution in [0.2, 0.25) is 0 Å². The summed E-state index contributed by atoms with van der Waals surface area (Å²) >= 11 is 0. The molecule has 1 aromatic carbocycles. The largest absolute Gasteiger partial charge is 0.461 e. The highest BCUT2D eigenvalue weighted by Crippen LogP contribution is 2.23. The van der Waals surface area contributed by atoms with Gasteiger partial charge in [0.2, 0.25) is 17.6 Å². The Labute approximate surface area is 146 Å². The average Bonchev–Trinajstić information content (AvgIpc) is 3.24. The third-order valence-electron chi connectivity index (χ3n) is 3.81. The van der Waals surface area contributed by atoms with Crippen molar-refractivity contribution in [3.05, 3.63) is 54.1 Å². The number of aryl methyl sites for hydroxylation is 1. The van der Waals surface area contributed by atoms with Gasteiger partial charge in [-0.3, -0.25) is 4.79 Å². The number of hydrogen-bond donors (Lipinski definition) is 1. The van der Waals surface area contributed by atoms with E-state index < -0.39 is 0 Å². The van der Waals surface area contributed by atoms with Crippen LogP contribution in [0.3, 0.4) is 0 Å². The molecule has 1 N–H and O–H groups in total. The van der Waals surface area contributed by atoms with E-state index in [4.69, 9.17) is 8.94 Å². The lowest BCUT2D eigenvalue weighted by Gasteiger charge is -2.19. The first kappa shape index (κ1) is 17.0. The Bertz CT molecular complexity index is 828. The quantitative estimate of drug-likeness (QED) is 0.753. The van der Waals surface area contributed by atoms with Crippen molar-refractivity contribution in [2.45, 2.75) is 39.0 Å². The summed E-state index contributed by atoms with van der Waals surface area (Å²) in [6, 6.07) is 11.4. The molecule has 0 unspecified atom stereocenters. The van der Waals surface area contributed by atoms with Gasteiger partial charge in [0.15, 0.2) is 5.76 Å². The topological polar surface area (TPSA) is 81.2 Å². The van der Waals surface area contributed by atoms with Crippen molar-refractivity contribution in [1.82, 2.24) is 10.1 Å². The van der Waals surface area contributed by atoms with Crippen molar-refractivity contribution in [3.8, 4) is 11.6 Å². The number of benzene rings is 1. The predicted octanol–water partition coefficient (Wildman–Crippen LogP) is 4.20. The normalized spacial score (nSPS) is 11.5. The second-order valence-corrected chi connectivity index (χ2v) is 6.86. The van der Waals surface area contributed by atoms with Crippen molar-refractivity contribution in [2.24, 2.45) is 0 Å². The van der Waals surface area contributed by atoms with Gasteiger partial charge in [-0.2, -0.15) is 4.98 Å². The Morgan fingerprint density at radius 2 is 1.92 bits per heavy atom. The highest BCUT2D eigenvalue weighted by atomic mass is 16.5. The summed E-state index contributed by atoms with van der Waals surface area (Å²) in [4.78, 5) is 16.3. The number of carbonyl (C=O) groups excluding carboxylic acids is 1. The Morgan fingerprint density at radius 1 is 1.16 bits per heavy atom. The summed E-state index contributed by atoms with van der Waals surface area (Å²) in [5.74, 6) is 1.24. The number of nitrogens with zero attached hydrogens (tertiary/aromatic N) is 2. The van der Waals surface area contributed by atoms with E-state index in [1.165, 1.54) is 5.56 Å². The minimum absolute atomic E-state index is 0.0895. The molecule has 0 aliphatic rings. The van der Waals surface area contributed by atoms with Crippen LogP contribution in [-0.2, 0) is 16.6 Å². The smallest absolute Gasteiger partial charge is 0.238 e. The monoisotopic (exact) mass is 339 g/mol. The maximum absolute atomic E-state index is 12.1. The van der Waals surface area contributed by atoms with E-state index in [2.05, 4.69) is 36.2 Å². The van der Waals surface area contributed by atoms with Crippen LogP contribution in [0.5, 0.6) is 0 Å². The zero-order valence-electron chi connectivity index (χ0n) is 14.6. The van der Waals surface area contributed by atoms with Gasteiger partial charge in [-0.15, -0.1) is 0 Å². The van der Waals surface area contributed by atoms with Crippen LogP contribution < -0.4 is 5.32 Å². The molecule has 0 bridgehead atoms. The average molecular weight is 339 g/mol. The summed E-state index contributed by atoms with van der Waals surface area (Å²) in [6.07, 6.45) is 2.18. The van der Waals surface area contributed by atoms with Crippen LogP contribution in [0.1, 0.15) is 38.6 Å². The number of rotatable bonds is 5. The third kappa shape index (κ3) is 4.35. The van der Waals surface area contributed by atoms with E-state index in [1.54, 1.807) is 18.4 Å². The van der Waals surface area contributed by atoms with Gasteiger partial charge in [0.25, 0.3) is 0 Å². The molecule has 0 aliphatic heterocycles. The van der Waals surface area contributed by atoms with Crippen LogP contribution in [0.15, 0.2) is 51.6 Å². The van der Waals surface area contributed by atoms with Crippen LogP contribution in [0, 0.1) is 0 Å². The zero-order chi connectivity index (χ0) is 17.9. The lowest BCUT2D eigenvalue weighted by atomic mass is 9.87. The van der Waals surface area contributed by atoms with E-state index in [1.807, 2.05) is 24.3 Å². The maximum Gasteiger partial charge on any atom is 0.238 e. The van der Waals surface area contributed by atoms with E-state index in [0.717, 1.165) is 5.69 Å². The molecule has 130 valence electrons. The molecule has 3 aromatic rings. The molecule has 3 rings (SSSR count). The highest BCUT2D eigenvalue weighted by Gasteiger charge is 2.14. The van der Waals surface area contributed by atoms with Crippen molar-refractivity contribution >= 4 is 11.6 Å². The maximum atomic E-state index is 12.1. The summed E-state index contributed by atoms with van der Waals surface area (Å²) in [5, 5.41) is 6.72. The van der Waals surface area contributed by atoms with Gasteiger partial charge in [-0.1, -0.05) is 38.1 Å². The van der Waals surface area contributed by atoms with Gasteiger partial charge in [0.1, 0.15) is 0 Å². The lowest BCUT2D eigenvalue weighted by molar-refractivity contribution is -0.116. The molecule has 0 radical (unpaired) electrons. The molecule has 0 fully saturated rings. The number of furan rings is 1. The van der Waals surface area contributed by atoms with Crippen LogP contribution in [0.25, 0.3) is 11.6 Å². The zero-order valence-corrected chi connectivity index (χ0v) is 14.6. The molecule has 2 heterocycles. The number of nitrogens with one attached hydrogen (secondary N) is 1. The van der Waals surface area contributed by atoms with E-state index in [-0.39, 0.29) is 17.7 Å². The molecular weight excluding hydrogens is 318 g/mol. The van der Waals surface area contributed by atoms with Crippen LogP contribution >= 0.6 is 0 Å². The number of carbonyl (C=O) groups is 1. The molecule has 6 nitrogen and oxygen atoms in total. The van der Waals surface area contributed by atoms with E-state index in [0.29, 0.717) is 23.9 Å². The van der Waals surface area contributed by atoms with Crippen molar-refractivity contribution in [1.29, 1.82) is 0 Å². The molecular formula is C19H21N3O3. The van der Waals surface area contributed by atoms with Crippen molar-refractivity contribution < 1.29 is 13.7 Å². The molecule has 2 aromatic heterocycles. The first-order valence-electron chi connectivity index (χ1n) is 8.19. The van der Waals surface area contributed by atoms with Crippen molar-refractivity contribution in [2.75, 3.05) is 5.32 Å². The summed E-state index contributed by atoms with van der Waals surface area (Å²) < 4.78 is 10.3. The standard InChI is InChI=1S/C19H21N3O3/c1-19(2,3)13-6-8-14(9-7-13)20-16(23)10-11-17-21-18(22-25-17)15-5-4-12-24-15/h4-9,12H,10-11H2,1-3H3,(H,20,23). The van der Waals surface area contributed by atoms with Crippen molar-refractivity contribution in [3.63, 3.8) is 0 Å². The van der Waals surface area contributed by atoms with E-state index >= 15 is 0 Å². The minimum Gasteiger partial charge on any atom is -0.461 e. The summed E-state index contributed by atoms with van der Waals surface area (Å²) in [5.41, 5.74) is 2.09. The summed E-state index contributed by atoms with van der Waals surface area (Å²) in [7, 11) is 0. The van der Waals surface area contributed by atoms with Gasteiger partial charge in [-0.25, -0.2) is 0 Å². The fraction of sp³-hybridized carbons (Fsp3) is 0.316. The minimum atomic E-state index is -0.0961. The Balaban J connectivity index is 1.53. The summed E-state index contributed by atoms with van der Waals surface area (Å²) in [6.45, 7) is 6.46. The molecule has 0 spiro atoms. The van der Waals surface area contributed by atoms with Gasteiger partial charge in [0.05, 0.1) is 6.26 Å². The molecule has 25 heavy (non-hydrogen) atoms. The van der Waals surface area contributed by atoms with Crippen LogP contribution in [-0.4, -0.2) is 16.0 Å². The number of amides is 1. The first-order valence-corrected chi connectivity index (χ1v) is 8.19. The van der Waals surface area contributed by atoms with Gasteiger partial charge >= 0.3 is 0 Å². The molecule has 6 heteroatoms. The van der Waals surface area contributed by atoms with Gasteiger partial charge in [-0.05, 0) is 35.2 Å². The molecule has 0 saturated carbocycles. The second-order valence-electron chi connectivity index (χ2n) is 6.86. The third-order valence-corrected chi connectivity index (χ3v) is 3.81. The number of hydrogen-bond acceptors (Lipinski definition) is 5. The predicted molar refractivity (Wildman–Crippen MR) is 94.1 cm³/mol. The lowest BCUT2D eigenvalue weighted by Crippen LogP contribution is -2.14. The second kappa shape index (κ2) is 6.93. The Kier molecular flexibility index (Phi) is 4.70. The number of aromatic nitrogens is 2. The first-order chi connectivity index (χ1) is 11.9. The Hall–Kier alpha value is -2.89. The molecule has 0 saturated heterocycles. The number of anilines is 1. The van der Waals surface area contributed by atoms with E-state index in [9.17, 15) is 4.79 Å². The van der Waals surface area contributed by atoms with Crippen LogP contribution in [0.4, 0.5) is 5.69 Å². The molecule has 0 atom stereocenters. The van der Waals surface area contributed by atoms with Gasteiger partial charge in [0, 0.05) is 18.5 Å². The SMILES string of the molecule is CC(C)(C)c1ccc(NC(=O)CCc2nc(-c3ccco3)no2)cc1. The molecule has 1 amide bonds. The Morgan fingerprint density at radius 3 is 2.56 bits per heavy atom. The molecule has 0 aliphatic carbocycles. The highest BCUT2D eigenvalue weighted by molar-refractivity contribution is 5.90. The fourth-order valence-corrected chi connectivity index (χ4v) is 2.36. The fourth-order valence-electron chi connectivity index (χ4n) is 2.36.